The first-order valence-corrected chi connectivity index (χ1v) is 6.86. The van der Waals surface area contributed by atoms with E-state index in [0.29, 0.717) is 18.1 Å². The van der Waals surface area contributed by atoms with E-state index in [2.05, 4.69) is 5.32 Å². The van der Waals surface area contributed by atoms with E-state index in [1.807, 2.05) is 7.05 Å². The predicted octanol–water partition coefficient (Wildman–Crippen LogP) is 3.70. The molecule has 1 saturated heterocycles. The molecular weight excluding hydrogens is 267 g/mol. The van der Waals surface area contributed by atoms with E-state index in [9.17, 15) is 13.2 Å². The van der Waals surface area contributed by atoms with Crippen LogP contribution in [-0.2, 0) is 10.9 Å². The fourth-order valence-electron chi connectivity index (χ4n) is 2.87. The fourth-order valence-corrected chi connectivity index (χ4v) is 2.87. The zero-order valence-corrected chi connectivity index (χ0v) is 11.8. The van der Waals surface area contributed by atoms with Crippen molar-refractivity contribution >= 4 is 0 Å². The molecule has 2 unspecified atom stereocenters. The Morgan fingerprint density at radius 1 is 1.35 bits per heavy atom. The standard InChI is InChI=1S/C15H20F3NO/c1-10-8-12(15(16,17)18)5-6-13(10)14(19-2)11-4-3-7-20-9-11/h5-6,8,11,14,19H,3-4,7,9H2,1-2H3. The number of alkyl halides is 3. The molecule has 1 aromatic rings. The van der Waals surface area contributed by atoms with Crippen molar-refractivity contribution in [3.63, 3.8) is 0 Å². The molecule has 2 nitrogen and oxygen atoms in total. The molecule has 0 aromatic heterocycles. The SMILES string of the molecule is CNC(c1ccc(C(F)(F)F)cc1C)C1CCCOC1. The molecule has 1 aliphatic rings. The van der Waals surface area contributed by atoms with E-state index in [0.717, 1.165) is 31.1 Å². The lowest BCUT2D eigenvalue weighted by molar-refractivity contribution is -0.137. The second-order valence-electron chi connectivity index (χ2n) is 5.31. The smallest absolute Gasteiger partial charge is 0.381 e. The summed E-state index contributed by atoms with van der Waals surface area (Å²) in [5.41, 5.74) is 1.01. The van der Waals surface area contributed by atoms with Gasteiger partial charge in [-0.05, 0) is 50.1 Å². The maximum absolute atomic E-state index is 12.7. The van der Waals surface area contributed by atoms with E-state index in [1.165, 1.54) is 6.07 Å². The number of hydrogen-bond acceptors (Lipinski definition) is 2. The van der Waals surface area contributed by atoms with Crippen LogP contribution in [0.5, 0.6) is 0 Å². The van der Waals surface area contributed by atoms with Gasteiger partial charge in [0, 0.05) is 18.6 Å². The molecule has 2 rings (SSSR count). The van der Waals surface area contributed by atoms with Gasteiger partial charge in [0.15, 0.2) is 0 Å². The first-order chi connectivity index (χ1) is 9.43. The lowest BCUT2D eigenvalue weighted by Gasteiger charge is -2.31. The number of nitrogens with one attached hydrogen (secondary N) is 1. The Hall–Kier alpha value is -1.07. The van der Waals surface area contributed by atoms with Gasteiger partial charge in [0.2, 0.25) is 0 Å². The third-order valence-electron chi connectivity index (χ3n) is 3.91. The third kappa shape index (κ3) is 3.33. The van der Waals surface area contributed by atoms with E-state index in [4.69, 9.17) is 4.74 Å². The minimum atomic E-state index is -4.29. The van der Waals surface area contributed by atoms with Crippen LogP contribution in [0.15, 0.2) is 18.2 Å². The van der Waals surface area contributed by atoms with Gasteiger partial charge < -0.3 is 10.1 Å². The number of hydrogen-bond donors (Lipinski definition) is 1. The highest BCUT2D eigenvalue weighted by molar-refractivity contribution is 5.35. The Labute approximate surface area is 117 Å². The van der Waals surface area contributed by atoms with Gasteiger partial charge >= 0.3 is 6.18 Å². The lowest BCUT2D eigenvalue weighted by Crippen LogP contribution is -2.32. The average Bonchev–Trinajstić information content (AvgIpc) is 2.41. The van der Waals surface area contributed by atoms with Crippen LogP contribution in [0.3, 0.4) is 0 Å². The zero-order valence-electron chi connectivity index (χ0n) is 11.8. The summed E-state index contributed by atoms with van der Waals surface area (Å²) in [5, 5.41) is 3.23. The predicted molar refractivity (Wildman–Crippen MR) is 71.5 cm³/mol. The maximum Gasteiger partial charge on any atom is 0.416 e. The molecule has 2 atom stereocenters. The van der Waals surface area contributed by atoms with E-state index < -0.39 is 11.7 Å². The van der Waals surface area contributed by atoms with Crippen LogP contribution in [0.2, 0.25) is 0 Å². The van der Waals surface area contributed by atoms with Gasteiger partial charge in [-0.25, -0.2) is 0 Å². The Morgan fingerprint density at radius 2 is 2.10 bits per heavy atom. The Kier molecular flexibility index (Phi) is 4.70. The minimum Gasteiger partial charge on any atom is -0.381 e. The van der Waals surface area contributed by atoms with Crippen LogP contribution in [0.25, 0.3) is 0 Å². The summed E-state index contributed by atoms with van der Waals surface area (Å²) in [6.07, 6.45) is -2.25. The molecule has 1 heterocycles. The Morgan fingerprint density at radius 3 is 2.60 bits per heavy atom. The minimum absolute atomic E-state index is 0.0394. The molecule has 112 valence electrons. The molecule has 1 aromatic carbocycles. The highest BCUT2D eigenvalue weighted by Crippen LogP contribution is 2.34. The molecule has 0 saturated carbocycles. The normalized spacial score (nSPS) is 21.8. The number of rotatable bonds is 3. The van der Waals surface area contributed by atoms with Gasteiger partial charge in [0.05, 0.1) is 12.2 Å². The summed E-state index contributed by atoms with van der Waals surface area (Å²) >= 11 is 0. The summed E-state index contributed by atoms with van der Waals surface area (Å²) in [6, 6.07) is 4.02. The van der Waals surface area contributed by atoms with Crippen LogP contribution in [0.1, 0.15) is 35.6 Å². The Bertz CT molecular complexity index is 453. The molecule has 1 fully saturated rings. The molecule has 0 radical (unpaired) electrons. The van der Waals surface area contributed by atoms with Crippen molar-refractivity contribution in [3.05, 3.63) is 34.9 Å². The second kappa shape index (κ2) is 6.14. The molecule has 0 bridgehead atoms. The van der Waals surface area contributed by atoms with Crippen LogP contribution in [-0.4, -0.2) is 20.3 Å². The summed E-state index contributed by atoms with van der Waals surface area (Å²) in [7, 11) is 1.84. The molecule has 20 heavy (non-hydrogen) atoms. The van der Waals surface area contributed by atoms with E-state index in [1.54, 1.807) is 13.0 Å². The molecule has 1 N–H and O–H groups in total. The number of halogens is 3. The van der Waals surface area contributed by atoms with Gasteiger partial charge in [-0.3, -0.25) is 0 Å². The van der Waals surface area contributed by atoms with Crippen LogP contribution in [0.4, 0.5) is 13.2 Å². The largest absolute Gasteiger partial charge is 0.416 e. The highest BCUT2D eigenvalue weighted by atomic mass is 19.4. The summed E-state index contributed by atoms with van der Waals surface area (Å²) in [5.74, 6) is 0.309. The zero-order chi connectivity index (χ0) is 14.8. The summed E-state index contributed by atoms with van der Waals surface area (Å²) in [4.78, 5) is 0. The van der Waals surface area contributed by atoms with Crippen LogP contribution >= 0.6 is 0 Å². The van der Waals surface area contributed by atoms with Crippen molar-refractivity contribution in [3.8, 4) is 0 Å². The highest BCUT2D eigenvalue weighted by Gasteiger charge is 2.32. The molecule has 0 aliphatic carbocycles. The van der Waals surface area contributed by atoms with Gasteiger partial charge in [-0.15, -0.1) is 0 Å². The van der Waals surface area contributed by atoms with Gasteiger partial charge in [-0.2, -0.15) is 13.2 Å². The fraction of sp³-hybridized carbons (Fsp3) is 0.600. The van der Waals surface area contributed by atoms with Crippen LogP contribution < -0.4 is 5.32 Å². The first-order valence-electron chi connectivity index (χ1n) is 6.86. The third-order valence-corrected chi connectivity index (χ3v) is 3.91. The van der Waals surface area contributed by atoms with Crippen molar-refractivity contribution in [2.45, 2.75) is 32.0 Å². The topological polar surface area (TPSA) is 21.3 Å². The number of aryl methyl sites for hydroxylation is 1. The lowest BCUT2D eigenvalue weighted by atomic mass is 9.86. The quantitative estimate of drug-likeness (QED) is 0.915. The summed E-state index contributed by atoms with van der Waals surface area (Å²) in [6.45, 7) is 3.17. The van der Waals surface area contributed by atoms with Gasteiger partial charge in [0.1, 0.15) is 0 Å². The monoisotopic (exact) mass is 287 g/mol. The average molecular weight is 287 g/mol. The van der Waals surface area contributed by atoms with Crippen molar-refractivity contribution < 1.29 is 17.9 Å². The summed E-state index contributed by atoms with van der Waals surface area (Å²) < 4.78 is 43.6. The van der Waals surface area contributed by atoms with E-state index >= 15 is 0 Å². The van der Waals surface area contributed by atoms with Crippen molar-refractivity contribution in [2.75, 3.05) is 20.3 Å². The van der Waals surface area contributed by atoms with Crippen molar-refractivity contribution in [2.24, 2.45) is 5.92 Å². The van der Waals surface area contributed by atoms with Gasteiger partial charge in [0.25, 0.3) is 0 Å². The van der Waals surface area contributed by atoms with Crippen molar-refractivity contribution in [1.29, 1.82) is 0 Å². The van der Waals surface area contributed by atoms with E-state index in [-0.39, 0.29) is 6.04 Å². The molecule has 0 amide bonds. The number of ether oxygens (including phenoxy) is 1. The molecule has 1 aliphatic heterocycles. The van der Waals surface area contributed by atoms with Crippen molar-refractivity contribution in [1.82, 2.24) is 5.32 Å². The molecule has 0 spiro atoms. The van der Waals surface area contributed by atoms with Crippen LogP contribution in [0, 0.1) is 12.8 Å². The molecule has 5 heteroatoms. The number of benzene rings is 1. The molecular formula is C15H20F3NO. The Balaban J connectivity index is 2.26. The maximum atomic E-state index is 12.7. The second-order valence-corrected chi connectivity index (χ2v) is 5.31. The van der Waals surface area contributed by atoms with Gasteiger partial charge in [-0.1, -0.05) is 6.07 Å². The first kappa shape index (κ1) is 15.3.